The van der Waals surface area contributed by atoms with Gasteiger partial charge >= 0.3 is 0 Å². The van der Waals surface area contributed by atoms with Crippen LogP contribution in [0.1, 0.15) is 58.2 Å². The lowest BCUT2D eigenvalue weighted by Crippen LogP contribution is -2.10. The van der Waals surface area contributed by atoms with Crippen molar-refractivity contribution < 1.29 is 9.21 Å². The van der Waals surface area contributed by atoms with Crippen molar-refractivity contribution in [3.05, 3.63) is 58.5 Å². The summed E-state index contributed by atoms with van der Waals surface area (Å²) in [6.45, 7) is 3.71. The van der Waals surface area contributed by atoms with E-state index in [4.69, 9.17) is 4.42 Å². The van der Waals surface area contributed by atoms with Gasteiger partial charge in [-0.1, -0.05) is 24.6 Å². The van der Waals surface area contributed by atoms with Crippen LogP contribution in [0.3, 0.4) is 0 Å². The van der Waals surface area contributed by atoms with Crippen LogP contribution in [0.2, 0.25) is 0 Å². The smallest absolute Gasteiger partial charge is 0.196 e. The Morgan fingerprint density at radius 2 is 2.00 bits per heavy atom. The lowest BCUT2D eigenvalue weighted by atomic mass is 9.79. The fraction of sp³-hybridized carbons (Fsp3) is 0.353. The van der Waals surface area contributed by atoms with Gasteiger partial charge in [0.1, 0.15) is 11.5 Å². The number of rotatable bonds is 3. The summed E-state index contributed by atoms with van der Waals surface area (Å²) in [5.74, 6) is 2.21. The van der Waals surface area contributed by atoms with Crippen LogP contribution in [-0.2, 0) is 0 Å². The molecule has 98 valence electrons. The van der Waals surface area contributed by atoms with E-state index in [-0.39, 0.29) is 5.78 Å². The summed E-state index contributed by atoms with van der Waals surface area (Å²) in [5.41, 5.74) is 2.76. The normalized spacial score (nSPS) is 15.3. The minimum absolute atomic E-state index is 0.0653. The monoisotopic (exact) mass is 254 g/mol. The summed E-state index contributed by atoms with van der Waals surface area (Å²) in [4.78, 5) is 12.5. The van der Waals surface area contributed by atoms with E-state index < -0.39 is 0 Å². The zero-order chi connectivity index (χ0) is 13.4. The Balaban J connectivity index is 1.93. The third-order valence-electron chi connectivity index (χ3n) is 4.01. The van der Waals surface area contributed by atoms with E-state index in [9.17, 15) is 4.79 Å². The molecule has 0 bridgehead atoms. The molecule has 3 rings (SSSR count). The second kappa shape index (κ2) is 4.69. The zero-order valence-electron chi connectivity index (χ0n) is 11.4. The number of aryl methyl sites for hydroxylation is 2. The molecule has 1 aliphatic carbocycles. The summed E-state index contributed by atoms with van der Waals surface area (Å²) in [5, 5.41) is 0. The highest BCUT2D eigenvalue weighted by molar-refractivity contribution is 6.09. The minimum Gasteiger partial charge on any atom is -0.466 e. The van der Waals surface area contributed by atoms with Crippen LogP contribution in [-0.4, -0.2) is 5.78 Å². The van der Waals surface area contributed by atoms with Crippen molar-refractivity contribution in [1.29, 1.82) is 0 Å². The molecule has 0 radical (unpaired) electrons. The maximum absolute atomic E-state index is 12.5. The molecule has 0 spiro atoms. The van der Waals surface area contributed by atoms with Crippen molar-refractivity contribution >= 4 is 5.78 Å². The summed E-state index contributed by atoms with van der Waals surface area (Å²) >= 11 is 0. The van der Waals surface area contributed by atoms with Gasteiger partial charge in [-0.25, -0.2) is 0 Å². The van der Waals surface area contributed by atoms with E-state index in [0.717, 1.165) is 11.3 Å². The van der Waals surface area contributed by atoms with E-state index in [1.165, 1.54) is 24.8 Å². The zero-order valence-corrected chi connectivity index (χ0v) is 11.4. The molecule has 2 heteroatoms. The first-order valence-electron chi connectivity index (χ1n) is 6.87. The molecule has 0 unspecified atom stereocenters. The number of carbonyl (C=O) groups excluding carboxylic acids is 1. The van der Waals surface area contributed by atoms with Gasteiger partial charge in [0.15, 0.2) is 5.78 Å². The molecule has 1 heterocycles. The third-order valence-corrected chi connectivity index (χ3v) is 4.01. The molecule has 19 heavy (non-hydrogen) atoms. The molecule has 2 nitrogen and oxygen atoms in total. The SMILES string of the molecule is Cc1cc(C(=O)c2cccc(C3CCC3)c2)c(C)o1. The van der Waals surface area contributed by atoms with Crippen LogP contribution >= 0.6 is 0 Å². The van der Waals surface area contributed by atoms with Gasteiger partial charge in [-0.05, 0) is 50.3 Å². The molecule has 1 aromatic carbocycles. The summed E-state index contributed by atoms with van der Waals surface area (Å²) in [6, 6.07) is 9.89. The topological polar surface area (TPSA) is 30.2 Å². The van der Waals surface area contributed by atoms with Crippen LogP contribution in [0.5, 0.6) is 0 Å². The average molecular weight is 254 g/mol. The Morgan fingerprint density at radius 1 is 1.21 bits per heavy atom. The number of carbonyl (C=O) groups is 1. The highest BCUT2D eigenvalue weighted by atomic mass is 16.3. The van der Waals surface area contributed by atoms with E-state index in [1.807, 2.05) is 38.1 Å². The maximum Gasteiger partial charge on any atom is 0.196 e. The first kappa shape index (κ1) is 12.2. The Morgan fingerprint density at radius 3 is 2.58 bits per heavy atom. The molecule has 1 fully saturated rings. The van der Waals surface area contributed by atoms with E-state index in [0.29, 0.717) is 17.2 Å². The fourth-order valence-electron chi connectivity index (χ4n) is 2.69. The molecule has 0 aliphatic heterocycles. The molecule has 2 aromatic rings. The lowest BCUT2D eigenvalue weighted by Gasteiger charge is -2.26. The molecule has 1 aliphatic rings. The average Bonchev–Trinajstić information content (AvgIpc) is 2.66. The summed E-state index contributed by atoms with van der Waals surface area (Å²) in [6.07, 6.45) is 3.81. The number of ketones is 1. The van der Waals surface area contributed by atoms with Gasteiger partial charge < -0.3 is 4.42 Å². The van der Waals surface area contributed by atoms with Crippen LogP contribution in [0.4, 0.5) is 0 Å². The molecule has 0 amide bonds. The van der Waals surface area contributed by atoms with Gasteiger partial charge in [0.2, 0.25) is 0 Å². The summed E-state index contributed by atoms with van der Waals surface area (Å²) in [7, 11) is 0. The van der Waals surface area contributed by atoms with Gasteiger partial charge in [0.05, 0.1) is 5.56 Å². The quantitative estimate of drug-likeness (QED) is 0.760. The number of benzene rings is 1. The predicted octanol–water partition coefficient (Wildman–Crippen LogP) is 4.39. The van der Waals surface area contributed by atoms with Crippen LogP contribution in [0.15, 0.2) is 34.7 Å². The van der Waals surface area contributed by atoms with Crippen molar-refractivity contribution in [2.24, 2.45) is 0 Å². The van der Waals surface area contributed by atoms with E-state index in [2.05, 4.69) is 6.07 Å². The lowest BCUT2D eigenvalue weighted by molar-refractivity contribution is 0.103. The van der Waals surface area contributed by atoms with Crippen molar-refractivity contribution in [3.63, 3.8) is 0 Å². The van der Waals surface area contributed by atoms with Crippen LogP contribution in [0.25, 0.3) is 0 Å². The second-order valence-electron chi connectivity index (χ2n) is 5.41. The third kappa shape index (κ3) is 2.23. The fourth-order valence-corrected chi connectivity index (χ4v) is 2.69. The highest BCUT2D eigenvalue weighted by Gasteiger charge is 2.21. The second-order valence-corrected chi connectivity index (χ2v) is 5.41. The van der Waals surface area contributed by atoms with Gasteiger partial charge in [-0.15, -0.1) is 0 Å². The van der Waals surface area contributed by atoms with Crippen molar-refractivity contribution in [3.8, 4) is 0 Å². The maximum atomic E-state index is 12.5. The van der Waals surface area contributed by atoms with Gasteiger partial charge in [0, 0.05) is 5.56 Å². The van der Waals surface area contributed by atoms with Crippen molar-refractivity contribution in [2.75, 3.05) is 0 Å². The Labute approximate surface area is 113 Å². The molecular formula is C17H18O2. The molecule has 1 saturated carbocycles. The van der Waals surface area contributed by atoms with E-state index in [1.54, 1.807) is 0 Å². The molecular weight excluding hydrogens is 236 g/mol. The van der Waals surface area contributed by atoms with Crippen molar-refractivity contribution in [1.82, 2.24) is 0 Å². The summed E-state index contributed by atoms with van der Waals surface area (Å²) < 4.78 is 5.45. The van der Waals surface area contributed by atoms with E-state index >= 15 is 0 Å². The minimum atomic E-state index is 0.0653. The highest BCUT2D eigenvalue weighted by Crippen LogP contribution is 2.36. The number of furan rings is 1. The van der Waals surface area contributed by atoms with Gasteiger partial charge in [0.25, 0.3) is 0 Å². The first-order chi connectivity index (χ1) is 9.15. The Bertz CT molecular complexity index is 618. The largest absolute Gasteiger partial charge is 0.466 e. The van der Waals surface area contributed by atoms with Crippen molar-refractivity contribution in [2.45, 2.75) is 39.0 Å². The van der Waals surface area contributed by atoms with Crippen LogP contribution in [0, 0.1) is 13.8 Å². The first-order valence-corrected chi connectivity index (χ1v) is 6.87. The van der Waals surface area contributed by atoms with Gasteiger partial charge in [-0.3, -0.25) is 4.79 Å². The number of hydrogen-bond donors (Lipinski definition) is 0. The van der Waals surface area contributed by atoms with Gasteiger partial charge in [-0.2, -0.15) is 0 Å². The number of hydrogen-bond acceptors (Lipinski definition) is 2. The van der Waals surface area contributed by atoms with Crippen LogP contribution < -0.4 is 0 Å². The standard InChI is InChI=1S/C17H18O2/c1-11-9-16(12(2)19-11)17(18)15-8-4-7-14(10-15)13-5-3-6-13/h4,7-10,13H,3,5-6H2,1-2H3. The molecule has 0 atom stereocenters. The molecule has 0 N–H and O–H groups in total. The Hall–Kier alpha value is -1.83. The Kier molecular flexibility index (Phi) is 3.02. The molecule has 0 saturated heterocycles. The predicted molar refractivity (Wildman–Crippen MR) is 74.6 cm³/mol. The molecule has 1 aromatic heterocycles.